The Hall–Kier alpha value is -1.96. The lowest BCUT2D eigenvalue weighted by atomic mass is 10.1. The number of thioether (sulfide) groups is 1. The second-order valence-electron chi connectivity index (χ2n) is 6.11. The number of amides is 1. The first-order chi connectivity index (χ1) is 11.6. The lowest BCUT2D eigenvalue weighted by Crippen LogP contribution is -2.39. The molecule has 2 heterocycles. The third kappa shape index (κ3) is 3.92. The topological polar surface area (TPSA) is 99.0 Å². The number of carbonyl (C=O) groups is 1. The van der Waals surface area contributed by atoms with Gasteiger partial charge in [0.15, 0.2) is 5.76 Å². The molecule has 0 radical (unpaired) electrons. The van der Waals surface area contributed by atoms with Crippen molar-refractivity contribution in [3.8, 4) is 11.6 Å². The average Bonchev–Trinajstić information content (AvgIpc) is 3.13. The van der Waals surface area contributed by atoms with Gasteiger partial charge in [0.2, 0.25) is 16.9 Å². The standard InChI is InChI=1S/C16H23N5O2S/c1-11(15(22)18-12-7-4-2-3-5-8-12)24-16-20-19-14(21(16)17)13-9-6-10-23-13/h6,9-12H,2-5,7-8,17H2,1H3,(H,18,22)/t11-/m0/s1. The number of nitrogens with two attached hydrogens (primary N) is 1. The van der Waals surface area contributed by atoms with Crippen LogP contribution in [0.15, 0.2) is 28.0 Å². The number of nitrogens with zero attached hydrogens (tertiary/aromatic N) is 3. The molecule has 2 aromatic heterocycles. The van der Waals surface area contributed by atoms with Gasteiger partial charge in [-0.1, -0.05) is 37.4 Å². The Balaban J connectivity index is 1.60. The molecule has 1 saturated carbocycles. The van der Waals surface area contributed by atoms with E-state index >= 15 is 0 Å². The van der Waals surface area contributed by atoms with Crippen LogP contribution in [0, 0.1) is 0 Å². The number of aromatic nitrogens is 3. The lowest BCUT2D eigenvalue weighted by Gasteiger charge is -2.18. The van der Waals surface area contributed by atoms with Gasteiger partial charge in [0, 0.05) is 6.04 Å². The Morgan fingerprint density at radius 1 is 1.38 bits per heavy atom. The van der Waals surface area contributed by atoms with Crippen molar-refractivity contribution in [2.24, 2.45) is 0 Å². The van der Waals surface area contributed by atoms with Gasteiger partial charge in [-0.2, -0.15) is 0 Å². The van der Waals surface area contributed by atoms with E-state index in [-0.39, 0.29) is 17.2 Å². The Morgan fingerprint density at radius 2 is 2.12 bits per heavy atom. The highest BCUT2D eigenvalue weighted by atomic mass is 32.2. The molecule has 0 unspecified atom stereocenters. The van der Waals surface area contributed by atoms with Crippen LogP contribution in [0.3, 0.4) is 0 Å². The summed E-state index contributed by atoms with van der Waals surface area (Å²) in [6.45, 7) is 1.86. The molecule has 24 heavy (non-hydrogen) atoms. The first-order valence-corrected chi connectivity index (χ1v) is 9.24. The number of furan rings is 1. The normalized spacial score (nSPS) is 17.4. The third-order valence-corrected chi connectivity index (χ3v) is 5.32. The molecule has 8 heteroatoms. The molecule has 0 aliphatic heterocycles. The largest absolute Gasteiger partial charge is 0.461 e. The Bertz CT molecular complexity index is 662. The van der Waals surface area contributed by atoms with Gasteiger partial charge < -0.3 is 15.6 Å². The molecule has 0 spiro atoms. The molecule has 7 nitrogen and oxygen atoms in total. The lowest BCUT2D eigenvalue weighted by molar-refractivity contribution is -0.121. The second kappa shape index (κ2) is 7.74. The monoisotopic (exact) mass is 349 g/mol. The fourth-order valence-electron chi connectivity index (χ4n) is 2.89. The van der Waals surface area contributed by atoms with E-state index < -0.39 is 0 Å². The zero-order chi connectivity index (χ0) is 16.9. The smallest absolute Gasteiger partial charge is 0.233 e. The minimum Gasteiger partial charge on any atom is -0.461 e. The van der Waals surface area contributed by atoms with E-state index in [2.05, 4.69) is 15.5 Å². The van der Waals surface area contributed by atoms with Crippen LogP contribution in [0.1, 0.15) is 45.4 Å². The fraction of sp³-hybridized carbons (Fsp3) is 0.562. The minimum atomic E-state index is -0.288. The minimum absolute atomic E-state index is 0.0226. The Labute approximate surface area is 145 Å². The molecule has 2 aromatic rings. The average molecular weight is 349 g/mol. The first kappa shape index (κ1) is 16.9. The Morgan fingerprint density at radius 3 is 2.79 bits per heavy atom. The third-order valence-electron chi connectivity index (χ3n) is 4.26. The maximum Gasteiger partial charge on any atom is 0.233 e. The highest BCUT2D eigenvalue weighted by Crippen LogP contribution is 2.25. The van der Waals surface area contributed by atoms with Gasteiger partial charge in [-0.15, -0.1) is 10.2 Å². The van der Waals surface area contributed by atoms with E-state index in [9.17, 15) is 4.79 Å². The summed E-state index contributed by atoms with van der Waals surface area (Å²) in [7, 11) is 0. The summed E-state index contributed by atoms with van der Waals surface area (Å²) in [4.78, 5) is 12.4. The molecule has 3 rings (SSSR count). The molecular weight excluding hydrogens is 326 g/mol. The summed E-state index contributed by atoms with van der Waals surface area (Å²) in [5, 5.41) is 11.5. The maximum absolute atomic E-state index is 12.4. The summed E-state index contributed by atoms with van der Waals surface area (Å²) in [5.74, 6) is 7.04. The summed E-state index contributed by atoms with van der Waals surface area (Å²) in [6, 6.07) is 3.82. The van der Waals surface area contributed by atoms with Gasteiger partial charge in [-0.3, -0.25) is 4.79 Å². The molecule has 1 atom stereocenters. The summed E-state index contributed by atoms with van der Waals surface area (Å²) < 4.78 is 6.65. The SMILES string of the molecule is C[C@H](Sc1nnc(-c2ccco2)n1N)C(=O)NC1CCCCCC1. The van der Waals surface area contributed by atoms with Crippen molar-refractivity contribution in [1.82, 2.24) is 20.2 Å². The fourth-order valence-corrected chi connectivity index (χ4v) is 3.66. The van der Waals surface area contributed by atoms with Crippen molar-refractivity contribution in [2.75, 3.05) is 5.84 Å². The van der Waals surface area contributed by atoms with Crippen LogP contribution in [-0.4, -0.2) is 32.1 Å². The number of hydrogen-bond donors (Lipinski definition) is 2. The molecule has 1 aliphatic rings. The quantitative estimate of drug-likeness (QED) is 0.489. The van der Waals surface area contributed by atoms with Crippen LogP contribution in [0.4, 0.5) is 0 Å². The van der Waals surface area contributed by atoms with Crippen LogP contribution in [0.25, 0.3) is 11.6 Å². The number of hydrogen-bond acceptors (Lipinski definition) is 6. The highest BCUT2D eigenvalue weighted by Gasteiger charge is 2.23. The van der Waals surface area contributed by atoms with E-state index in [4.69, 9.17) is 10.3 Å². The van der Waals surface area contributed by atoms with E-state index in [0.717, 1.165) is 12.8 Å². The number of carbonyl (C=O) groups excluding carboxylic acids is 1. The van der Waals surface area contributed by atoms with Gasteiger partial charge in [0.05, 0.1) is 11.5 Å². The first-order valence-electron chi connectivity index (χ1n) is 8.36. The number of nitrogens with one attached hydrogen (secondary N) is 1. The molecule has 1 fully saturated rings. The van der Waals surface area contributed by atoms with E-state index in [0.29, 0.717) is 16.7 Å². The van der Waals surface area contributed by atoms with Gasteiger partial charge in [-0.25, -0.2) is 4.68 Å². The molecular formula is C16H23N5O2S. The van der Waals surface area contributed by atoms with Crippen molar-refractivity contribution in [1.29, 1.82) is 0 Å². The molecule has 0 bridgehead atoms. The van der Waals surface area contributed by atoms with Crippen molar-refractivity contribution >= 4 is 17.7 Å². The molecule has 0 saturated heterocycles. The summed E-state index contributed by atoms with van der Waals surface area (Å²) in [5.41, 5.74) is 0. The van der Waals surface area contributed by atoms with Crippen molar-refractivity contribution in [3.05, 3.63) is 18.4 Å². The van der Waals surface area contributed by atoms with E-state index in [1.807, 2.05) is 6.92 Å². The molecule has 3 N–H and O–H groups in total. The van der Waals surface area contributed by atoms with Crippen molar-refractivity contribution in [3.63, 3.8) is 0 Å². The molecule has 1 aliphatic carbocycles. The van der Waals surface area contributed by atoms with Gasteiger partial charge in [0.25, 0.3) is 0 Å². The van der Waals surface area contributed by atoms with Gasteiger partial charge in [0.1, 0.15) is 0 Å². The molecule has 130 valence electrons. The number of rotatable bonds is 5. The predicted octanol–water partition coefficient (Wildman–Crippen LogP) is 2.57. The second-order valence-corrected chi connectivity index (χ2v) is 7.42. The van der Waals surface area contributed by atoms with Crippen molar-refractivity contribution < 1.29 is 9.21 Å². The van der Waals surface area contributed by atoms with Gasteiger partial charge in [-0.05, 0) is 31.9 Å². The van der Waals surface area contributed by atoms with Crippen LogP contribution in [0.5, 0.6) is 0 Å². The van der Waals surface area contributed by atoms with Crippen LogP contribution in [-0.2, 0) is 4.79 Å². The maximum atomic E-state index is 12.4. The summed E-state index contributed by atoms with van der Waals surface area (Å²) >= 11 is 1.30. The predicted molar refractivity (Wildman–Crippen MR) is 92.8 cm³/mol. The zero-order valence-electron chi connectivity index (χ0n) is 13.8. The van der Waals surface area contributed by atoms with Crippen molar-refractivity contribution in [2.45, 2.75) is 61.9 Å². The van der Waals surface area contributed by atoms with Crippen LogP contribution in [0.2, 0.25) is 0 Å². The highest BCUT2D eigenvalue weighted by molar-refractivity contribution is 8.00. The van der Waals surface area contributed by atoms with Crippen LogP contribution < -0.4 is 11.2 Å². The number of nitrogen functional groups attached to an aromatic ring is 1. The van der Waals surface area contributed by atoms with Crippen LogP contribution >= 0.6 is 11.8 Å². The summed E-state index contributed by atoms with van der Waals surface area (Å²) in [6.07, 6.45) is 8.61. The zero-order valence-corrected chi connectivity index (χ0v) is 14.6. The van der Waals surface area contributed by atoms with E-state index in [1.165, 1.54) is 42.1 Å². The van der Waals surface area contributed by atoms with Gasteiger partial charge >= 0.3 is 0 Å². The van der Waals surface area contributed by atoms with E-state index in [1.54, 1.807) is 18.4 Å². The molecule has 1 amide bonds. The Kier molecular flexibility index (Phi) is 5.44. The molecule has 0 aromatic carbocycles.